The van der Waals surface area contributed by atoms with Crippen molar-refractivity contribution in [3.8, 4) is 0 Å². The van der Waals surface area contributed by atoms with Crippen LogP contribution in [0.4, 0.5) is 0 Å². The normalized spacial score (nSPS) is 12.9. The first-order valence-electron chi connectivity index (χ1n) is 5.32. The fourth-order valence-electron chi connectivity index (χ4n) is 1.86. The van der Waals surface area contributed by atoms with Crippen LogP contribution in [0.1, 0.15) is 24.4 Å². The second kappa shape index (κ2) is 4.99. The van der Waals surface area contributed by atoms with E-state index in [2.05, 4.69) is 31.4 Å². The number of nitrogens with zero attached hydrogens (tertiary/aromatic N) is 4. The fraction of sp³-hybridized carbons (Fsp3) is 0.400. The van der Waals surface area contributed by atoms with Crippen molar-refractivity contribution in [2.24, 2.45) is 12.9 Å². The molecular formula is C10H15BrN6. The van der Waals surface area contributed by atoms with Crippen molar-refractivity contribution in [1.82, 2.24) is 24.8 Å². The van der Waals surface area contributed by atoms with Crippen molar-refractivity contribution in [3.05, 3.63) is 34.6 Å². The van der Waals surface area contributed by atoms with E-state index in [-0.39, 0.29) is 6.04 Å². The minimum Gasteiger partial charge on any atom is -0.336 e. The van der Waals surface area contributed by atoms with Crippen molar-refractivity contribution in [3.63, 3.8) is 0 Å². The summed E-state index contributed by atoms with van der Waals surface area (Å²) in [7, 11) is 1.94. The average Bonchev–Trinajstić information content (AvgIpc) is 2.89. The molecule has 0 aliphatic rings. The molecule has 0 aliphatic heterocycles. The number of rotatable bonds is 4. The zero-order valence-electron chi connectivity index (χ0n) is 9.76. The first-order valence-corrected chi connectivity index (χ1v) is 6.11. The van der Waals surface area contributed by atoms with Gasteiger partial charge in [-0.3, -0.25) is 10.5 Å². The number of nitrogens with one attached hydrogen (secondary N) is 1. The SMILES string of the molecule is CCn1ncc(Br)c1C(NN)c1cncn1C. The summed E-state index contributed by atoms with van der Waals surface area (Å²) >= 11 is 3.50. The first kappa shape index (κ1) is 12.3. The molecule has 7 heteroatoms. The van der Waals surface area contributed by atoms with E-state index in [4.69, 9.17) is 5.84 Å². The lowest BCUT2D eigenvalue weighted by Crippen LogP contribution is -2.32. The third-order valence-electron chi connectivity index (χ3n) is 2.72. The number of hydrazine groups is 1. The number of hydrogen-bond acceptors (Lipinski definition) is 4. The second-order valence-corrected chi connectivity index (χ2v) is 4.58. The summed E-state index contributed by atoms with van der Waals surface area (Å²) in [5.41, 5.74) is 4.80. The van der Waals surface area contributed by atoms with Crippen molar-refractivity contribution in [2.75, 3.05) is 0 Å². The summed E-state index contributed by atoms with van der Waals surface area (Å²) < 4.78 is 4.77. The molecule has 2 aromatic heterocycles. The fourth-order valence-corrected chi connectivity index (χ4v) is 2.39. The van der Waals surface area contributed by atoms with E-state index in [0.29, 0.717) is 0 Å². The smallest absolute Gasteiger partial charge is 0.106 e. The van der Waals surface area contributed by atoms with Crippen LogP contribution >= 0.6 is 15.9 Å². The highest BCUT2D eigenvalue weighted by Gasteiger charge is 2.22. The van der Waals surface area contributed by atoms with Crippen LogP contribution in [-0.2, 0) is 13.6 Å². The number of imidazole rings is 1. The van der Waals surface area contributed by atoms with E-state index in [1.54, 1.807) is 18.7 Å². The topological polar surface area (TPSA) is 73.7 Å². The highest BCUT2D eigenvalue weighted by atomic mass is 79.9. The van der Waals surface area contributed by atoms with E-state index in [9.17, 15) is 0 Å². The zero-order chi connectivity index (χ0) is 12.4. The molecule has 2 aromatic rings. The maximum absolute atomic E-state index is 5.66. The molecule has 0 amide bonds. The van der Waals surface area contributed by atoms with Gasteiger partial charge in [0, 0.05) is 13.6 Å². The molecule has 6 nitrogen and oxygen atoms in total. The minimum atomic E-state index is -0.140. The summed E-state index contributed by atoms with van der Waals surface area (Å²) in [5, 5.41) is 4.29. The van der Waals surface area contributed by atoms with Gasteiger partial charge in [-0.25, -0.2) is 10.4 Å². The van der Waals surface area contributed by atoms with E-state index in [1.165, 1.54) is 0 Å². The number of aromatic nitrogens is 4. The Morgan fingerprint density at radius 2 is 2.29 bits per heavy atom. The van der Waals surface area contributed by atoms with Gasteiger partial charge in [0.25, 0.3) is 0 Å². The van der Waals surface area contributed by atoms with Crippen LogP contribution in [0.25, 0.3) is 0 Å². The quantitative estimate of drug-likeness (QED) is 0.651. The molecule has 0 bridgehead atoms. The highest BCUT2D eigenvalue weighted by molar-refractivity contribution is 9.10. The van der Waals surface area contributed by atoms with Crippen LogP contribution in [0.5, 0.6) is 0 Å². The van der Waals surface area contributed by atoms with Gasteiger partial charge in [0.15, 0.2) is 0 Å². The summed E-state index contributed by atoms with van der Waals surface area (Å²) in [6, 6.07) is -0.140. The van der Waals surface area contributed by atoms with Crippen molar-refractivity contribution >= 4 is 15.9 Å². The van der Waals surface area contributed by atoms with Crippen LogP contribution in [0.3, 0.4) is 0 Å². The van der Waals surface area contributed by atoms with Gasteiger partial charge >= 0.3 is 0 Å². The summed E-state index contributed by atoms with van der Waals surface area (Å²) in [6.07, 6.45) is 5.32. The molecule has 1 atom stereocenters. The van der Waals surface area contributed by atoms with Gasteiger partial charge in [0.1, 0.15) is 6.04 Å². The van der Waals surface area contributed by atoms with Gasteiger partial charge < -0.3 is 4.57 Å². The molecular weight excluding hydrogens is 284 g/mol. The van der Waals surface area contributed by atoms with Crippen molar-refractivity contribution in [1.29, 1.82) is 0 Å². The third-order valence-corrected chi connectivity index (χ3v) is 3.33. The van der Waals surface area contributed by atoms with E-state index < -0.39 is 0 Å². The monoisotopic (exact) mass is 298 g/mol. The van der Waals surface area contributed by atoms with Gasteiger partial charge in [0.05, 0.1) is 34.6 Å². The molecule has 0 saturated carbocycles. The molecule has 1 unspecified atom stereocenters. The molecule has 0 aliphatic carbocycles. The van der Waals surface area contributed by atoms with Crippen LogP contribution in [0.2, 0.25) is 0 Å². The van der Waals surface area contributed by atoms with Gasteiger partial charge in [0.2, 0.25) is 0 Å². The van der Waals surface area contributed by atoms with Crippen LogP contribution in [-0.4, -0.2) is 19.3 Å². The van der Waals surface area contributed by atoms with Crippen LogP contribution in [0.15, 0.2) is 23.2 Å². The van der Waals surface area contributed by atoms with Gasteiger partial charge in [-0.1, -0.05) is 0 Å². The maximum Gasteiger partial charge on any atom is 0.106 e. The van der Waals surface area contributed by atoms with Gasteiger partial charge in [-0.2, -0.15) is 5.10 Å². The van der Waals surface area contributed by atoms with E-state index in [0.717, 1.165) is 22.4 Å². The number of aryl methyl sites for hydroxylation is 2. The zero-order valence-corrected chi connectivity index (χ0v) is 11.3. The summed E-state index contributed by atoms with van der Waals surface area (Å²) in [5.74, 6) is 5.66. The largest absolute Gasteiger partial charge is 0.336 e. The first-order chi connectivity index (χ1) is 8.19. The van der Waals surface area contributed by atoms with E-state index in [1.807, 2.05) is 23.2 Å². The van der Waals surface area contributed by atoms with Crippen molar-refractivity contribution in [2.45, 2.75) is 19.5 Å². The Labute approximate surface area is 108 Å². The molecule has 0 spiro atoms. The molecule has 3 N–H and O–H groups in total. The molecule has 2 rings (SSSR count). The Bertz CT molecular complexity index is 503. The number of halogens is 1. The van der Waals surface area contributed by atoms with Gasteiger partial charge in [-0.15, -0.1) is 0 Å². The molecule has 0 radical (unpaired) electrons. The third kappa shape index (κ3) is 2.13. The standard InChI is InChI=1S/C10H15BrN6/c1-3-17-10(7(11)4-14-17)9(15-12)8-5-13-6-16(8)2/h4-6,9,15H,3,12H2,1-2H3. The van der Waals surface area contributed by atoms with Gasteiger partial charge in [-0.05, 0) is 22.9 Å². The molecule has 17 heavy (non-hydrogen) atoms. The minimum absolute atomic E-state index is 0.140. The number of nitrogens with two attached hydrogens (primary N) is 1. The van der Waals surface area contributed by atoms with Crippen molar-refractivity contribution < 1.29 is 0 Å². The summed E-state index contributed by atoms with van der Waals surface area (Å²) in [4.78, 5) is 4.11. The Hall–Kier alpha value is -1.18. The predicted molar refractivity (Wildman–Crippen MR) is 68.0 cm³/mol. The highest BCUT2D eigenvalue weighted by Crippen LogP contribution is 2.27. The molecule has 92 valence electrons. The summed E-state index contributed by atoms with van der Waals surface area (Å²) in [6.45, 7) is 2.83. The Kier molecular flexibility index (Phi) is 3.60. The lowest BCUT2D eigenvalue weighted by atomic mass is 10.1. The molecule has 0 fully saturated rings. The average molecular weight is 299 g/mol. The number of hydrogen-bond donors (Lipinski definition) is 2. The van der Waals surface area contributed by atoms with E-state index >= 15 is 0 Å². The van der Waals surface area contributed by atoms with Crippen LogP contribution < -0.4 is 11.3 Å². The lowest BCUT2D eigenvalue weighted by molar-refractivity contribution is 0.523. The second-order valence-electron chi connectivity index (χ2n) is 3.72. The Morgan fingerprint density at radius 3 is 2.82 bits per heavy atom. The lowest BCUT2D eigenvalue weighted by Gasteiger charge is -2.18. The molecule has 0 saturated heterocycles. The maximum atomic E-state index is 5.66. The molecule has 0 aromatic carbocycles. The molecule has 2 heterocycles. The Morgan fingerprint density at radius 1 is 1.53 bits per heavy atom. The predicted octanol–water partition coefficient (Wildman–Crippen LogP) is 0.952. The Balaban J connectivity index is 2.49. The van der Waals surface area contributed by atoms with Crippen LogP contribution in [0, 0.1) is 0 Å².